The highest BCUT2D eigenvalue weighted by Crippen LogP contribution is 2.38. The maximum atomic E-state index is 13.7. The molecule has 3 N–H and O–H groups in total. The van der Waals surface area contributed by atoms with Crippen LogP contribution in [0.25, 0.3) is 20.8 Å². The third kappa shape index (κ3) is 6.82. The molecule has 45 heavy (non-hydrogen) atoms. The number of nitrogens with one attached hydrogen (secondary N) is 2. The van der Waals surface area contributed by atoms with Crippen molar-refractivity contribution in [3.05, 3.63) is 53.5 Å². The first-order valence-corrected chi connectivity index (χ1v) is 17.4. The number of Topliss-reactive ketones (excluding diaryl/α,β-unsaturated/α-hetero) is 1. The summed E-state index contributed by atoms with van der Waals surface area (Å²) in [4.78, 5) is 31.3. The van der Waals surface area contributed by atoms with Crippen LogP contribution in [0.5, 0.6) is 0 Å². The van der Waals surface area contributed by atoms with E-state index in [9.17, 15) is 27.1 Å². The zero-order valence-electron chi connectivity index (χ0n) is 24.9. The maximum Gasteiger partial charge on any atom is 0.224 e. The minimum absolute atomic E-state index is 0.0101. The van der Waals surface area contributed by atoms with Gasteiger partial charge in [0.25, 0.3) is 0 Å². The average molecular weight is 657 g/mol. The molecule has 2 aliphatic carbocycles. The monoisotopic (exact) mass is 656 g/mol. The molecule has 2 aliphatic rings. The quantitative estimate of drug-likeness (QED) is 0.203. The van der Waals surface area contributed by atoms with Crippen molar-refractivity contribution in [1.29, 1.82) is 0 Å². The molecular formula is C31H34F2N6O4S2. The standard InChI is InChI=1S/C31H34F2N6O4S2/c1-17-26(29-38-27-18(2)34-9-5-25(27)44-29)28(39-30(36-17)35-10-8-31(41)6-3-4-7-31)37-23-11-19(12-24(23)40)16-45(42,43)22-14-20(32)13-21(33)15-22/h5,9,13-15,19,23,41H,3-4,6-8,10-12,16H2,1-2H3,(H2,35,36,37,39)/t19-,23+/m0/s1. The number of halogens is 2. The van der Waals surface area contributed by atoms with Gasteiger partial charge in [-0.1, -0.05) is 12.8 Å². The van der Waals surface area contributed by atoms with Crippen LogP contribution in [0.3, 0.4) is 0 Å². The van der Waals surface area contributed by atoms with Crippen LogP contribution >= 0.6 is 11.3 Å². The van der Waals surface area contributed by atoms with Gasteiger partial charge in [0.05, 0.1) is 43.9 Å². The van der Waals surface area contributed by atoms with Crippen LogP contribution in [0, 0.1) is 31.4 Å². The molecule has 0 saturated heterocycles. The number of hydrogen-bond donors (Lipinski definition) is 3. The summed E-state index contributed by atoms with van der Waals surface area (Å²) in [7, 11) is -4.04. The summed E-state index contributed by atoms with van der Waals surface area (Å²) in [6.07, 6.45) is 5.99. The normalized spacial score (nSPS) is 19.8. The van der Waals surface area contributed by atoms with Gasteiger partial charge < -0.3 is 15.7 Å². The molecule has 10 nitrogen and oxygen atoms in total. The Balaban J connectivity index is 1.27. The number of aryl methyl sites for hydroxylation is 2. The third-order valence-electron chi connectivity index (χ3n) is 8.61. The number of carbonyl (C=O) groups is 1. The van der Waals surface area contributed by atoms with E-state index in [0.717, 1.165) is 53.7 Å². The lowest BCUT2D eigenvalue weighted by atomic mass is 9.98. The first-order valence-electron chi connectivity index (χ1n) is 14.9. The van der Waals surface area contributed by atoms with Gasteiger partial charge in [0, 0.05) is 25.2 Å². The number of anilines is 2. The van der Waals surface area contributed by atoms with E-state index in [1.807, 2.05) is 19.9 Å². The fourth-order valence-electron chi connectivity index (χ4n) is 6.31. The molecule has 2 saturated carbocycles. The SMILES string of the molecule is Cc1nc(NCCC2(O)CCCC2)nc(N[C@@H]2C[C@H](CS(=O)(=O)c3cc(F)cc(F)c3)CC2=O)c1-c1nc2c(C)nccc2s1. The number of rotatable bonds is 10. The van der Waals surface area contributed by atoms with Gasteiger partial charge in [-0.15, -0.1) is 11.3 Å². The van der Waals surface area contributed by atoms with Crippen molar-refractivity contribution >= 4 is 48.9 Å². The van der Waals surface area contributed by atoms with Gasteiger partial charge in [0.15, 0.2) is 15.6 Å². The van der Waals surface area contributed by atoms with E-state index in [2.05, 4.69) is 20.6 Å². The predicted octanol–water partition coefficient (Wildman–Crippen LogP) is 5.38. The second-order valence-corrected chi connectivity index (χ2v) is 15.1. The zero-order chi connectivity index (χ0) is 31.9. The van der Waals surface area contributed by atoms with Gasteiger partial charge in [-0.05, 0) is 63.6 Å². The number of carbonyl (C=O) groups excluding carboxylic acids is 1. The van der Waals surface area contributed by atoms with Crippen LogP contribution in [0.4, 0.5) is 20.5 Å². The van der Waals surface area contributed by atoms with Crippen LogP contribution < -0.4 is 10.6 Å². The van der Waals surface area contributed by atoms with Crippen LogP contribution in [0.2, 0.25) is 0 Å². The van der Waals surface area contributed by atoms with Gasteiger partial charge >= 0.3 is 0 Å². The molecule has 1 aromatic carbocycles. The van der Waals surface area contributed by atoms with E-state index in [4.69, 9.17) is 9.97 Å². The van der Waals surface area contributed by atoms with Gasteiger partial charge in [-0.25, -0.2) is 27.2 Å². The van der Waals surface area contributed by atoms with Crippen LogP contribution in [0.1, 0.15) is 56.3 Å². The number of aliphatic hydroxyl groups is 1. The summed E-state index contributed by atoms with van der Waals surface area (Å²) in [5, 5.41) is 17.9. The fraction of sp³-hybridized carbons (Fsp3) is 0.452. The largest absolute Gasteiger partial charge is 0.390 e. The molecule has 2 fully saturated rings. The number of benzene rings is 1. The number of nitrogens with zero attached hydrogens (tertiary/aromatic N) is 4. The highest BCUT2D eigenvalue weighted by Gasteiger charge is 2.37. The zero-order valence-corrected chi connectivity index (χ0v) is 26.6. The number of ketones is 1. The summed E-state index contributed by atoms with van der Waals surface area (Å²) in [5.74, 6) is -2.42. The number of sulfone groups is 1. The summed E-state index contributed by atoms with van der Waals surface area (Å²) in [5.41, 5.74) is 2.08. The first-order chi connectivity index (χ1) is 21.4. The highest BCUT2D eigenvalue weighted by atomic mass is 32.2. The van der Waals surface area contributed by atoms with Gasteiger partial charge in [-0.2, -0.15) is 4.98 Å². The number of thiazole rings is 1. The summed E-state index contributed by atoms with van der Waals surface area (Å²) >= 11 is 1.45. The minimum Gasteiger partial charge on any atom is -0.390 e. The number of aromatic nitrogens is 4. The van der Waals surface area contributed by atoms with Gasteiger partial charge in [-0.3, -0.25) is 9.78 Å². The Bertz CT molecular complexity index is 1860. The van der Waals surface area contributed by atoms with Crippen LogP contribution in [0.15, 0.2) is 35.4 Å². The van der Waals surface area contributed by atoms with Crippen LogP contribution in [-0.2, 0) is 14.6 Å². The van der Waals surface area contributed by atoms with Gasteiger partial charge in [0.2, 0.25) is 5.95 Å². The molecule has 0 spiro atoms. The first kappa shape index (κ1) is 31.4. The Kier molecular flexibility index (Phi) is 8.57. The fourth-order valence-corrected chi connectivity index (χ4v) is 9.07. The molecular weight excluding hydrogens is 623 g/mol. The Morgan fingerprint density at radius 3 is 2.51 bits per heavy atom. The predicted molar refractivity (Wildman–Crippen MR) is 168 cm³/mol. The van der Waals surface area contributed by atoms with Crippen molar-refractivity contribution < 1.29 is 27.1 Å². The van der Waals surface area contributed by atoms with E-state index < -0.39 is 49.7 Å². The van der Waals surface area contributed by atoms with Crippen molar-refractivity contribution in [2.24, 2.45) is 5.92 Å². The molecule has 2 atom stereocenters. The van der Waals surface area contributed by atoms with Gasteiger partial charge in [0.1, 0.15) is 28.0 Å². The summed E-state index contributed by atoms with van der Waals surface area (Å²) in [6.45, 7) is 4.17. The van der Waals surface area contributed by atoms with Crippen molar-refractivity contribution in [2.75, 3.05) is 22.9 Å². The molecule has 0 amide bonds. The molecule has 0 bridgehead atoms. The molecule has 0 aliphatic heterocycles. The lowest BCUT2D eigenvalue weighted by molar-refractivity contribution is -0.118. The molecule has 3 heterocycles. The number of hydrogen-bond acceptors (Lipinski definition) is 11. The Morgan fingerprint density at radius 1 is 1.07 bits per heavy atom. The van der Waals surface area contributed by atoms with E-state index in [1.165, 1.54) is 11.3 Å². The van der Waals surface area contributed by atoms with Crippen molar-refractivity contribution in [2.45, 2.75) is 75.3 Å². The smallest absolute Gasteiger partial charge is 0.224 e. The summed E-state index contributed by atoms with van der Waals surface area (Å²) < 4.78 is 54.4. The molecule has 238 valence electrons. The van der Waals surface area contributed by atoms with Crippen molar-refractivity contribution in [3.8, 4) is 10.6 Å². The third-order valence-corrected chi connectivity index (χ3v) is 11.5. The molecule has 6 rings (SSSR count). The van der Waals surface area contributed by atoms with E-state index in [-0.39, 0.29) is 18.6 Å². The minimum atomic E-state index is -4.04. The molecule has 4 aromatic rings. The lowest BCUT2D eigenvalue weighted by Gasteiger charge is -2.22. The molecule has 14 heteroatoms. The second kappa shape index (κ2) is 12.3. The number of pyridine rings is 1. The highest BCUT2D eigenvalue weighted by molar-refractivity contribution is 7.91. The second-order valence-electron chi connectivity index (χ2n) is 12.1. The maximum absolute atomic E-state index is 13.7. The van der Waals surface area contributed by atoms with E-state index in [1.54, 1.807) is 6.20 Å². The van der Waals surface area contributed by atoms with E-state index >= 15 is 0 Å². The summed E-state index contributed by atoms with van der Waals surface area (Å²) in [6, 6.07) is 3.33. The molecule has 0 unspecified atom stereocenters. The molecule has 3 aromatic heterocycles. The van der Waals surface area contributed by atoms with Crippen molar-refractivity contribution in [1.82, 2.24) is 19.9 Å². The lowest BCUT2D eigenvalue weighted by Crippen LogP contribution is -2.28. The Labute approximate surface area is 263 Å². The topological polar surface area (TPSA) is 147 Å². The van der Waals surface area contributed by atoms with E-state index in [0.29, 0.717) is 47.1 Å². The molecule has 0 radical (unpaired) electrons. The van der Waals surface area contributed by atoms with Crippen LogP contribution in [-0.4, -0.2) is 63.2 Å². The Morgan fingerprint density at radius 2 is 1.80 bits per heavy atom. The number of fused-ring (bicyclic) bond motifs is 1. The average Bonchev–Trinajstić information content (AvgIpc) is 3.67. The van der Waals surface area contributed by atoms with Crippen molar-refractivity contribution in [3.63, 3.8) is 0 Å². The Hall–Kier alpha value is -3.62.